The van der Waals surface area contributed by atoms with E-state index in [9.17, 15) is 13.2 Å². The molecule has 2 N–H and O–H groups in total. The van der Waals surface area contributed by atoms with Gasteiger partial charge < -0.3 is 5.32 Å². The van der Waals surface area contributed by atoms with Crippen LogP contribution < -0.4 is 10.0 Å². The molecular weight excluding hydrogens is 444 g/mol. The molecule has 0 spiro atoms. The molecule has 30 heavy (non-hydrogen) atoms. The molecule has 1 aliphatic carbocycles. The third-order valence-electron chi connectivity index (χ3n) is 5.41. The van der Waals surface area contributed by atoms with Crippen molar-refractivity contribution in [3.63, 3.8) is 0 Å². The Morgan fingerprint density at radius 1 is 1.10 bits per heavy atom. The van der Waals surface area contributed by atoms with Gasteiger partial charge in [0.15, 0.2) is 0 Å². The third kappa shape index (κ3) is 4.80. The summed E-state index contributed by atoms with van der Waals surface area (Å²) in [6, 6.07) is 12.0. The van der Waals surface area contributed by atoms with Crippen molar-refractivity contribution in [1.29, 1.82) is 0 Å². The van der Waals surface area contributed by atoms with Crippen LogP contribution in [0.3, 0.4) is 0 Å². The molecule has 1 amide bonds. The summed E-state index contributed by atoms with van der Waals surface area (Å²) in [5, 5.41) is 3.49. The lowest BCUT2D eigenvalue weighted by molar-refractivity contribution is -0.121. The summed E-state index contributed by atoms with van der Waals surface area (Å²) in [4.78, 5) is 12.7. The van der Waals surface area contributed by atoms with E-state index in [-0.39, 0.29) is 22.6 Å². The van der Waals surface area contributed by atoms with Crippen molar-refractivity contribution < 1.29 is 13.2 Å². The van der Waals surface area contributed by atoms with Crippen molar-refractivity contribution in [3.05, 3.63) is 47.5 Å². The van der Waals surface area contributed by atoms with Crippen molar-refractivity contribution in [3.8, 4) is 0 Å². The first-order valence-corrected chi connectivity index (χ1v) is 12.3. The monoisotopic (exact) mass is 464 g/mol. The van der Waals surface area contributed by atoms with Crippen LogP contribution in [0.2, 0.25) is 5.02 Å². The fourth-order valence-corrected chi connectivity index (χ4v) is 5.81. The summed E-state index contributed by atoms with van der Waals surface area (Å²) < 4.78 is 36.4. The van der Waals surface area contributed by atoms with E-state index < -0.39 is 10.0 Å². The average molecular weight is 465 g/mol. The van der Waals surface area contributed by atoms with E-state index in [1.54, 1.807) is 36.4 Å². The largest absolute Gasteiger partial charge is 0.326 e. The molecule has 0 atom stereocenters. The van der Waals surface area contributed by atoms with Crippen LogP contribution in [0.25, 0.3) is 11.0 Å². The van der Waals surface area contributed by atoms with E-state index >= 15 is 0 Å². The molecule has 0 saturated heterocycles. The van der Waals surface area contributed by atoms with Crippen molar-refractivity contribution in [2.24, 2.45) is 11.8 Å². The molecule has 0 bridgehead atoms. The highest BCUT2D eigenvalue weighted by Gasteiger charge is 2.28. The van der Waals surface area contributed by atoms with Crippen LogP contribution in [0.4, 0.5) is 5.69 Å². The second kappa shape index (κ2) is 8.97. The number of rotatable bonds is 6. The van der Waals surface area contributed by atoms with Gasteiger partial charge in [0.25, 0.3) is 0 Å². The summed E-state index contributed by atoms with van der Waals surface area (Å²) in [6.07, 6.45) is 3.03. The fraction of sp³-hybridized carbons (Fsp3) is 0.350. The number of amides is 1. The number of hydrogen-bond donors (Lipinski definition) is 2. The number of anilines is 1. The van der Waals surface area contributed by atoms with Gasteiger partial charge in [0.05, 0.1) is 11.7 Å². The number of nitrogens with zero attached hydrogens (tertiary/aromatic N) is 2. The molecule has 0 radical (unpaired) electrons. The van der Waals surface area contributed by atoms with E-state index in [2.05, 4.69) is 18.8 Å². The fourth-order valence-electron chi connectivity index (χ4n) is 3.74. The normalized spacial score (nSPS) is 19.6. The molecule has 1 heterocycles. The zero-order valence-corrected chi connectivity index (χ0v) is 18.4. The van der Waals surface area contributed by atoms with Crippen LogP contribution in [0, 0.1) is 11.8 Å². The number of nitrogens with one attached hydrogen (secondary N) is 2. The summed E-state index contributed by atoms with van der Waals surface area (Å²) in [5.41, 5.74) is 1.67. The molecule has 1 fully saturated rings. The van der Waals surface area contributed by atoms with Gasteiger partial charge in [-0.1, -0.05) is 23.7 Å². The number of aromatic nitrogens is 2. The quantitative estimate of drug-likeness (QED) is 0.572. The van der Waals surface area contributed by atoms with Crippen LogP contribution in [0.5, 0.6) is 0 Å². The number of sulfonamides is 1. The lowest BCUT2D eigenvalue weighted by atomic mass is 9.81. The number of halogens is 1. The van der Waals surface area contributed by atoms with E-state index in [0.29, 0.717) is 28.3 Å². The number of carbonyl (C=O) groups excluding carboxylic acids is 1. The number of carbonyl (C=O) groups is 1. The lowest BCUT2D eigenvalue weighted by Gasteiger charge is -2.27. The summed E-state index contributed by atoms with van der Waals surface area (Å²) >= 11 is 6.96. The molecule has 1 saturated carbocycles. The van der Waals surface area contributed by atoms with E-state index in [4.69, 9.17) is 11.6 Å². The van der Waals surface area contributed by atoms with Crippen molar-refractivity contribution in [1.82, 2.24) is 13.5 Å². The first-order valence-electron chi connectivity index (χ1n) is 9.70. The van der Waals surface area contributed by atoms with Crippen LogP contribution in [-0.2, 0) is 14.8 Å². The average Bonchev–Trinajstić information content (AvgIpc) is 3.21. The molecule has 3 aromatic rings. The van der Waals surface area contributed by atoms with Gasteiger partial charge in [-0.05, 0) is 61.9 Å². The molecule has 2 aromatic carbocycles. The molecule has 158 valence electrons. The smallest absolute Gasteiger partial charge is 0.242 e. The third-order valence-corrected chi connectivity index (χ3v) is 7.64. The van der Waals surface area contributed by atoms with Crippen molar-refractivity contribution in [2.75, 3.05) is 11.9 Å². The van der Waals surface area contributed by atoms with Crippen LogP contribution in [-0.4, -0.2) is 29.6 Å². The SMILES string of the molecule is O=C(Nc1cccc(Cl)c1)C1CCC(CNS(=O)(=O)c2cccc3nsnc23)CC1. The molecule has 0 unspecified atom stereocenters. The highest BCUT2D eigenvalue weighted by Crippen LogP contribution is 2.30. The molecule has 0 aliphatic heterocycles. The molecular formula is C20H21ClN4O3S2. The number of benzene rings is 2. The summed E-state index contributed by atoms with van der Waals surface area (Å²) in [7, 11) is -3.67. The lowest BCUT2D eigenvalue weighted by Crippen LogP contribution is -2.33. The predicted octanol–water partition coefficient (Wildman–Crippen LogP) is 4.07. The molecule has 4 rings (SSSR count). The number of fused-ring (bicyclic) bond motifs is 1. The van der Waals surface area contributed by atoms with Gasteiger partial charge in [0.1, 0.15) is 15.9 Å². The van der Waals surface area contributed by atoms with Crippen LogP contribution in [0.1, 0.15) is 25.7 Å². The van der Waals surface area contributed by atoms with Crippen LogP contribution >= 0.6 is 23.3 Å². The Hall–Kier alpha value is -2.07. The summed E-state index contributed by atoms with van der Waals surface area (Å²) in [5.74, 6) is 0.105. The maximum absolute atomic E-state index is 12.7. The first-order chi connectivity index (χ1) is 14.4. The minimum Gasteiger partial charge on any atom is -0.326 e. The van der Waals surface area contributed by atoms with Gasteiger partial charge in [-0.3, -0.25) is 4.79 Å². The second-order valence-corrected chi connectivity index (χ2v) is 10.2. The van der Waals surface area contributed by atoms with Gasteiger partial charge in [-0.15, -0.1) is 0 Å². The maximum Gasteiger partial charge on any atom is 0.242 e. The minimum absolute atomic E-state index is 0.0148. The van der Waals surface area contributed by atoms with Crippen LogP contribution in [0.15, 0.2) is 47.4 Å². The van der Waals surface area contributed by atoms with Crippen molar-refractivity contribution >= 4 is 56.0 Å². The Balaban J connectivity index is 1.30. The van der Waals surface area contributed by atoms with Gasteiger partial charge in [-0.2, -0.15) is 8.75 Å². The Labute approximate surface area is 184 Å². The molecule has 10 heteroatoms. The Morgan fingerprint density at radius 3 is 2.63 bits per heavy atom. The maximum atomic E-state index is 12.7. The Morgan fingerprint density at radius 2 is 1.87 bits per heavy atom. The van der Waals surface area contributed by atoms with Gasteiger partial charge in [0.2, 0.25) is 15.9 Å². The highest BCUT2D eigenvalue weighted by atomic mass is 35.5. The first kappa shape index (κ1) is 21.2. The van der Waals surface area contributed by atoms with Gasteiger partial charge in [-0.25, -0.2) is 13.1 Å². The molecule has 1 aromatic heterocycles. The topological polar surface area (TPSA) is 101 Å². The van der Waals surface area contributed by atoms with Crippen molar-refractivity contribution in [2.45, 2.75) is 30.6 Å². The van der Waals surface area contributed by atoms with E-state index in [1.807, 2.05) is 6.07 Å². The summed E-state index contributed by atoms with van der Waals surface area (Å²) in [6.45, 7) is 0.346. The minimum atomic E-state index is -3.67. The molecule has 7 nitrogen and oxygen atoms in total. The van der Waals surface area contributed by atoms with E-state index in [1.165, 1.54) is 0 Å². The predicted molar refractivity (Wildman–Crippen MR) is 118 cm³/mol. The molecule has 1 aliphatic rings. The zero-order chi connectivity index (χ0) is 21.1. The van der Waals surface area contributed by atoms with Gasteiger partial charge in [0, 0.05) is 23.2 Å². The Bertz CT molecular complexity index is 1160. The highest BCUT2D eigenvalue weighted by molar-refractivity contribution is 7.89. The van der Waals surface area contributed by atoms with E-state index in [0.717, 1.165) is 37.4 Å². The Kier molecular flexibility index (Phi) is 6.33. The second-order valence-electron chi connectivity index (χ2n) is 7.46. The standard InChI is InChI=1S/C20H21ClN4O3S2/c21-15-3-1-4-16(11-15)23-20(26)14-9-7-13(8-10-14)12-22-30(27,28)18-6-2-5-17-19(18)25-29-24-17/h1-6,11,13-14,22H,7-10,12H2,(H,23,26). The number of hydrogen-bond acceptors (Lipinski definition) is 6. The zero-order valence-electron chi connectivity index (χ0n) is 16.0. The van der Waals surface area contributed by atoms with Gasteiger partial charge >= 0.3 is 0 Å².